The smallest absolute Gasteiger partial charge is 0.335 e. The van der Waals surface area contributed by atoms with E-state index in [-0.39, 0.29) is 0 Å². The quantitative estimate of drug-likeness (QED) is 0.925. The van der Waals surface area contributed by atoms with Gasteiger partial charge in [0.15, 0.2) is 0 Å². The summed E-state index contributed by atoms with van der Waals surface area (Å²) in [4.78, 5) is 13.6. The monoisotopic (exact) mass is 285 g/mol. The molecule has 2 atom stereocenters. The summed E-state index contributed by atoms with van der Waals surface area (Å²) in [6.07, 6.45) is 7.15. The maximum atomic E-state index is 10.9. The van der Waals surface area contributed by atoms with Crippen molar-refractivity contribution >= 4 is 5.97 Å². The Kier molecular flexibility index (Phi) is 3.26. The molecule has 2 unspecified atom stereocenters. The fourth-order valence-corrected chi connectivity index (χ4v) is 5.06. The number of aromatic carboxylic acids is 1. The van der Waals surface area contributed by atoms with Gasteiger partial charge in [0.1, 0.15) is 0 Å². The third kappa shape index (κ3) is 2.59. The maximum Gasteiger partial charge on any atom is 0.335 e. The van der Waals surface area contributed by atoms with Crippen LogP contribution >= 0.6 is 0 Å². The Bertz CT molecular complexity index is 525. The van der Waals surface area contributed by atoms with E-state index < -0.39 is 5.97 Å². The Morgan fingerprint density at radius 2 is 1.62 bits per heavy atom. The molecule has 2 heterocycles. The molecule has 2 saturated heterocycles. The number of carboxylic acid groups (broad SMARTS) is 1. The van der Waals surface area contributed by atoms with Gasteiger partial charge in [-0.15, -0.1) is 0 Å². The van der Waals surface area contributed by atoms with Crippen LogP contribution in [-0.4, -0.2) is 28.6 Å². The number of carboxylic acids is 1. The molecule has 3 nitrogen and oxygen atoms in total. The second-order valence-electron chi connectivity index (χ2n) is 7.36. The highest BCUT2D eigenvalue weighted by atomic mass is 16.4. The van der Waals surface area contributed by atoms with Crippen LogP contribution in [0.25, 0.3) is 0 Å². The molecule has 21 heavy (non-hydrogen) atoms. The fraction of sp³-hybridized carbons (Fsp3) is 0.611. The molecular weight excluding hydrogens is 262 g/mol. The molecule has 1 N–H and O–H groups in total. The molecule has 0 radical (unpaired) electrons. The molecule has 3 heteroatoms. The molecule has 1 aromatic carbocycles. The lowest BCUT2D eigenvalue weighted by atomic mass is 9.68. The van der Waals surface area contributed by atoms with E-state index >= 15 is 0 Å². The van der Waals surface area contributed by atoms with Gasteiger partial charge < -0.3 is 5.11 Å². The first-order chi connectivity index (χ1) is 10.2. The normalized spacial score (nSPS) is 34.9. The lowest BCUT2D eigenvalue weighted by molar-refractivity contribution is 0.0697. The predicted octanol–water partition coefficient (Wildman–Crippen LogP) is 3.40. The van der Waals surface area contributed by atoms with Gasteiger partial charge in [0, 0.05) is 19.1 Å². The number of hydrogen-bond acceptors (Lipinski definition) is 2. The highest BCUT2D eigenvalue weighted by Gasteiger charge is 2.42. The lowest BCUT2D eigenvalue weighted by Crippen LogP contribution is -2.37. The second kappa shape index (κ2) is 5.13. The summed E-state index contributed by atoms with van der Waals surface area (Å²) in [7, 11) is 0. The third-order valence-electron chi connectivity index (χ3n) is 5.81. The first-order valence-electron chi connectivity index (χ1n) is 8.23. The molecular formula is C18H23NO2. The third-order valence-corrected chi connectivity index (χ3v) is 5.81. The maximum absolute atomic E-state index is 10.9. The number of fused-ring (bicyclic) bond motifs is 1. The van der Waals surface area contributed by atoms with E-state index in [1.807, 2.05) is 12.1 Å². The average Bonchev–Trinajstić information content (AvgIpc) is 2.63. The minimum Gasteiger partial charge on any atom is -0.478 e. The number of benzene rings is 1. The van der Waals surface area contributed by atoms with Gasteiger partial charge in [-0.2, -0.15) is 0 Å². The molecule has 5 rings (SSSR count). The van der Waals surface area contributed by atoms with Gasteiger partial charge in [0.05, 0.1) is 5.56 Å². The van der Waals surface area contributed by atoms with Crippen LogP contribution in [0.2, 0.25) is 0 Å². The van der Waals surface area contributed by atoms with Crippen molar-refractivity contribution in [2.24, 2.45) is 17.8 Å². The van der Waals surface area contributed by atoms with Crippen molar-refractivity contribution in [2.45, 2.75) is 44.7 Å². The van der Waals surface area contributed by atoms with Crippen LogP contribution in [0.3, 0.4) is 0 Å². The average molecular weight is 285 g/mol. The standard InChI is InChI=1S/C18H23NO2/c20-18(21)16-3-1-12(2-4-16)10-19-11-15-6-13-5-14(7-15)9-17(19)8-13/h1-4,13-15,17H,5-11H2,(H,20,21). The van der Waals surface area contributed by atoms with Crippen LogP contribution in [0, 0.1) is 17.8 Å². The van der Waals surface area contributed by atoms with Crippen molar-refractivity contribution in [3.63, 3.8) is 0 Å². The van der Waals surface area contributed by atoms with Gasteiger partial charge in [-0.3, -0.25) is 4.90 Å². The van der Waals surface area contributed by atoms with E-state index in [1.54, 1.807) is 12.1 Å². The molecule has 4 aliphatic rings. The van der Waals surface area contributed by atoms with Crippen molar-refractivity contribution in [3.05, 3.63) is 35.4 Å². The highest BCUT2D eigenvalue weighted by molar-refractivity contribution is 5.87. The summed E-state index contributed by atoms with van der Waals surface area (Å²) < 4.78 is 0. The molecule has 1 aromatic rings. The predicted molar refractivity (Wildman–Crippen MR) is 81.2 cm³/mol. The van der Waals surface area contributed by atoms with Crippen molar-refractivity contribution in [3.8, 4) is 0 Å². The van der Waals surface area contributed by atoms with Crippen molar-refractivity contribution in [1.29, 1.82) is 0 Å². The highest BCUT2D eigenvalue weighted by Crippen LogP contribution is 2.47. The minimum absolute atomic E-state index is 0.384. The summed E-state index contributed by atoms with van der Waals surface area (Å²) in [6, 6.07) is 8.20. The molecule has 2 aliphatic heterocycles. The van der Waals surface area contributed by atoms with Crippen LogP contribution in [-0.2, 0) is 6.54 Å². The molecule has 112 valence electrons. The van der Waals surface area contributed by atoms with Crippen LogP contribution < -0.4 is 0 Å². The zero-order valence-corrected chi connectivity index (χ0v) is 12.4. The van der Waals surface area contributed by atoms with E-state index in [1.165, 1.54) is 44.2 Å². The molecule has 4 fully saturated rings. The van der Waals surface area contributed by atoms with E-state index in [4.69, 9.17) is 5.11 Å². The molecule has 0 amide bonds. The molecule has 2 saturated carbocycles. The van der Waals surface area contributed by atoms with Gasteiger partial charge in [-0.05, 0) is 67.6 Å². The zero-order chi connectivity index (χ0) is 14.4. The Balaban J connectivity index is 1.50. The SMILES string of the molecule is O=C(O)c1ccc(CN2CC3CC4CC(C3)CC2C4)cc1. The van der Waals surface area contributed by atoms with Crippen LogP contribution in [0.15, 0.2) is 24.3 Å². The number of nitrogens with zero attached hydrogens (tertiary/aromatic N) is 1. The van der Waals surface area contributed by atoms with Gasteiger partial charge in [0.25, 0.3) is 0 Å². The van der Waals surface area contributed by atoms with E-state index in [0.717, 1.165) is 30.3 Å². The van der Waals surface area contributed by atoms with E-state index in [9.17, 15) is 4.79 Å². The molecule has 0 aromatic heterocycles. The van der Waals surface area contributed by atoms with Crippen LogP contribution in [0.5, 0.6) is 0 Å². The molecule has 4 bridgehead atoms. The minimum atomic E-state index is -0.840. The van der Waals surface area contributed by atoms with Gasteiger partial charge in [-0.25, -0.2) is 4.79 Å². The summed E-state index contributed by atoms with van der Waals surface area (Å²) in [5, 5.41) is 8.98. The summed E-state index contributed by atoms with van der Waals surface area (Å²) in [5.41, 5.74) is 1.64. The first-order valence-corrected chi connectivity index (χ1v) is 8.23. The number of rotatable bonds is 3. The Hall–Kier alpha value is -1.35. The van der Waals surface area contributed by atoms with Gasteiger partial charge in [0.2, 0.25) is 0 Å². The van der Waals surface area contributed by atoms with E-state index in [0.29, 0.717) is 5.56 Å². The largest absolute Gasteiger partial charge is 0.478 e. The van der Waals surface area contributed by atoms with Crippen molar-refractivity contribution < 1.29 is 9.90 Å². The molecule has 2 aliphatic carbocycles. The van der Waals surface area contributed by atoms with Crippen molar-refractivity contribution in [1.82, 2.24) is 4.90 Å². The second-order valence-corrected chi connectivity index (χ2v) is 7.36. The van der Waals surface area contributed by atoms with E-state index in [2.05, 4.69) is 4.90 Å². The Morgan fingerprint density at radius 3 is 2.24 bits per heavy atom. The number of carbonyl (C=O) groups is 1. The molecule has 0 spiro atoms. The van der Waals surface area contributed by atoms with Gasteiger partial charge >= 0.3 is 5.97 Å². The topological polar surface area (TPSA) is 40.5 Å². The lowest BCUT2D eigenvalue weighted by Gasteiger charge is -2.39. The zero-order valence-electron chi connectivity index (χ0n) is 12.4. The first kappa shape index (κ1) is 13.3. The Labute approximate surface area is 126 Å². The van der Waals surface area contributed by atoms with Crippen LogP contribution in [0.4, 0.5) is 0 Å². The summed E-state index contributed by atoms with van der Waals surface area (Å²) in [5.74, 6) is 2.02. The number of hydrogen-bond donors (Lipinski definition) is 1. The van der Waals surface area contributed by atoms with Crippen LogP contribution in [0.1, 0.15) is 48.0 Å². The summed E-state index contributed by atoms with van der Waals surface area (Å²) >= 11 is 0. The Morgan fingerprint density at radius 1 is 1.00 bits per heavy atom. The summed E-state index contributed by atoms with van der Waals surface area (Å²) in [6.45, 7) is 2.23. The van der Waals surface area contributed by atoms with Crippen molar-refractivity contribution in [2.75, 3.05) is 6.54 Å². The fourth-order valence-electron chi connectivity index (χ4n) is 5.06. The van der Waals surface area contributed by atoms with Gasteiger partial charge in [-0.1, -0.05) is 12.1 Å².